The molecule has 0 unspecified atom stereocenters. The van der Waals surface area contributed by atoms with Crippen LogP contribution in [-0.2, 0) is 0 Å². The summed E-state index contributed by atoms with van der Waals surface area (Å²) < 4.78 is 0. The average molecular weight is 318 g/mol. The molecule has 1 amide bonds. The quantitative estimate of drug-likeness (QED) is 0.694. The first-order chi connectivity index (χ1) is 10.1. The fourth-order valence-electron chi connectivity index (χ4n) is 1.54. The topological polar surface area (TPSA) is 65.2 Å². The van der Waals surface area contributed by atoms with E-state index in [-0.39, 0.29) is 10.6 Å². The molecule has 0 fully saturated rings. The van der Waals surface area contributed by atoms with E-state index in [9.17, 15) is 4.79 Å². The van der Waals surface area contributed by atoms with Gasteiger partial charge >= 0.3 is 0 Å². The van der Waals surface area contributed by atoms with E-state index in [1.807, 2.05) is 6.07 Å². The molecule has 0 aliphatic rings. The minimum Gasteiger partial charge on any atom is -0.267 e. The van der Waals surface area contributed by atoms with Gasteiger partial charge in [0.05, 0.1) is 28.4 Å². The van der Waals surface area contributed by atoms with Crippen LogP contribution in [0.15, 0.2) is 47.6 Å². The molecule has 0 heterocycles. The van der Waals surface area contributed by atoms with Gasteiger partial charge in [0.25, 0.3) is 5.91 Å². The predicted molar refractivity (Wildman–Crippen MR) is 82.7 cm³/mol. The van der Waals surface area contributed by atoms with Crippen molar-refractivity contribution in [2.45, 2.75) is 0 Å². The molecule has 0 radical (unpaired) electrons. The molecule has 0 spiro atoms. The van der Waals surface area contributed by atoms with Crippen LogP contribution < -0.4 is 5.43 Å². The maximum absolute atomic E-state index is 11.9. The summed E-state index contributed by atoms with van der Waals surface area (Å²) in [6.07, 6.45) is 1.48. The number of halogens is 2. The second kappa shape index (κ2) is 6.89. The van der Waals surface area contributed by atoms with E-state index in [4.69, 9.17) is 28.5 Å². The normalized spacial score (nSPS) is 10.3. The van der Waals surface area contributed by atoms with E-state index in [2.05, 4.69) is 10.5 Å². The van der Waals surface area contributed by atoms with Crippen LogP contribution >= 0.6 is 23.2 Å². The molecule has 0 aliphatic carbocycles. The number of carbonyl (C=O) groups is 1. The summed E-state index contributed by atoms with van der Waals surface area (Å²) in [7, 11) is 0. The van der Waals surface area contributed by atoms with Gasteiger partial charge in [-0.3, -0.25) is 4.79 Å². The molecule has 0 atom stereocenters. The molecule has 6 heteroatoms. The fraction of sp³-hybridized carbons (Fsp3) is 0. The monoisotopic (exact) mass is 317 g/mol. The smallest absolute Gasteiger partial charge is 0.267 e. The van der Waals surface area contributed by atoms with Gasteiger partial charge in [-0.05, 0) is 35.9 Å². The van der Waals surface area contributed by atoms with Gasteiger partial charge in [-0.1, -0.05) is 35.3 Å². The van der Waals surface area contributed by atoms with E-state index in [0.717, 1.165) is 5.56 Å². The van der Waals surface area contributed by atoms with Gasteiger partial charge in [0.2, 0.25) is 0 Å². The third-order valence-corrected chi connectivity index (χ3v) is 3.14. The van der Waals surface area contributed by atoms with Crippen LogP contribution in [-0.4, -0.2) is 12.1 Å². The van der Waals surface area contributed by atoms with Crippen molar-refractivity contribution in [3.63, 3.8) is 0 Å². The van der Waals surface area contributed by atoms with Crippen molar-refractivity contribution in [3.8, 4) is 6.07 Å². The van der Waals surface area contributed by atoms with Gasteiger partial charge in [0.1, 0.15) is 0 Å². The molecule has 4 nitrogen and oxygen atoms in total. The molecule has 0 saturated heterocycles. The van der Waals surface area contributed by atoms with Crippen LogP contribution in [0.3, 0.4) is 0 Å². The van der Waals surface area contributed by atoms with Crippen molar-refractivity contribution in [2.24, 2.45) is 5.10 Å². The number of nitrogens with zero attached hydrogens (tertiary/aromatic N) is 2. The van der Waals surface area contributed by atoms with E-state index >= 15 is 0 Å². The number of hydrogen-bond acceptors (Lipinski definition) is 3. The summed E-state index contributed by atoms with van der Waals surface area (Å²) in [5.41, 5.74) is 3.98. The molecule has 0 aromatic heterocycles. The van der Waals surface area contributed by atoms with Crippen molar-refractivity contribution >= 4 is 35.3 Å². The van der Waals surface area contributed by atoms with Crippen molar-refractivity contribution in [3.05, 3.63) is 69.2 Å². The molecule has 1 N–H and O–H groups in total. The summed E-state index contributed by atoms with van der Waals surface area (Å²) >= 11 is 11.7. The zero-order valence-electron chi connectivity index (χ0n) is 10.7. The van der Waals surface area contributed by atoms with Crippen LogP contribution in [0.25, 0.3) is 0 Å². The molecule has 2 rings (SSSR count). The number of carbonyl (C=O) groups excluding carboxylic acids is 1. The van der Waals surface area contributed by atoms with Gasteiger partial charge in [-0.25, -0.2) is 5.43 Å². The summed E-state index contributed by atoms with van der Waals surface area (Å²) in [6.45, 7) is 0. The van der Waals surface area contributed by atoms with E-state index < -0.39 is 5.91 Å². The number of amides is 1. The first kappa shape index (κ1) is 15.0. The molecular weight excluding hydrogens is 309 g/mol. The lowest BCUT2D eigenvalue weighted by Crippen LogP contribution is -2.18. The standard InChI is InChI=1S/C15H9Cl2N3O/c16-12-5-6-13(14(17)7-12)15(21)20-19-9-11-3-1-10(8-18)2-4-11/h1-7,9H,(H,20,21). The molecule has 2 aromatic rings. The third-order valence-electron chi connectivity index (χ3n) is 2.60. The second-order valence-electron chi connectivity index (χ2n) is 4.06. The Hall–Kier alpha value is -2.35. The number of hydrazone groups is 1. The number of rotatable bonds is 3. The summed E-state index contributed by atoms with van der Waals surface area (Å²) in [5, 5.41) is 13.2. The molecule has 21 heavy (non-hydrogen) atoms. The third kappa shape index (κ3) is 4.06. The lowest BCUT2D eigenvalue weighted by Gasteiger charge is -2.02. The number of nitriles is 1. The van der Waals surface area contributed by atoms with Gasteiger partial charge in [-0.2, -0.15) is 10.4 Å². The van der Waals surface area contributed by atoms with Crippen molar-refractivity contribution in [1.29, 1.82) is 5.26 Å². The van der Waals surface area contributed by atoms with E-state index in [1.165, 1.54) is 18.3 Å². The SMILES string of the molecule is N#Cc1ccc(C=NNC(=O)c2ccc(Cl)cc2Cl)cc1. The Morgan fingerprint density at radius 2 is 1.90 bits per heavy atom. The highest BCUT2D eigenvalue weighted by Gasteiger charge is 2.09. The number of benzene rings is 2. The minimum absolute atomic E-state index is 0.258. The van der Waals surface area contributed by atoms with Gasteiger partial charge in [-0.15, -0.1) is 0 Å². The van der Waals surface area contributed by atoms with Crippen molar-refractivity contribution in [2.75, 3.05) is 0 Å². The van der Waals surface area contributed by atoms with E-state index in [0.29, 0.717) is 10.6 Å². The maximum Gasteiger partial charge on any atom is 0.272 e. The van der Waals surface area contributed by atoms with Gasteiger partial charge in [0.15, 0.2) is 0 Å². The zero-order chi connectivity index (χ0) is 15.2. The average Bonchev–Trinajstić information content (AvgIpc) is 2.47. The zero-order valence-corrected chi connectivity index (χ0v) is 12.2. The van der Waals surface area contributed by atoms with Crippen LogP contribution in [0, 0.1) is 11.3 Å². The van der Waals surface area contributed by atoms with Crippen LogP contribution in [0.4, 0.5) is 0 Å². The minimum atomic E-state index is -0.429. The Labute approximate surface area is 131 Å². The molecule has 0 aliphatic heterocycles. The van der Waals surface area contributed by atoms with Crippen LogP contribution in [0.2, 0.25) is 10.0 Å². The van der Waals surface area contributed by atoms with Crippen LogP contribution in [0.5, 0.6) is 0 Å². The summed E-state index contributed by atoms with van der Waals surface area (Å²) in [6, 6.07) is 13.4. The fourth-order valence-corrected chi connectivity index (χ4v) is 2.04. The molecule has 0 bridgehead atoms. The largest absolute Gasteiger partial charge is 0.272 e. The molecule has 0 saturated carbocycles. The van der Waals surface area contributed by atoms with Crippen LogP contribution in [0.1, 0.15) is 21.5 Å². The lowest BCUT2D eigenvalue weighted by atomic mass is 10.2. The summed E-state index contributed by atoms with van der Waals surface area (Å²) in [5.74, 6) is -0.429. The highest BCUT2D eigenvalue weighted by molar-refractivity contribution is 6.36. The van der Waals surface area contributed by atoms with Gasteiger partial charge in [0, 0.05) is 5.02 Å². The van der Waals surface area contributed by atoms with Crippen molar-refractivity contribution in [1.82, 2.24) is 5.43 Å². The lowest BCUT2D eigenvalue weighted by molar-refractivity contribution is 0.0955. The Morgan fingerprint density at radius 3 is 2.52 bits per heavy atom. The first-order valence-corrected chi connectivity index (χ1v) is 6.64. The Balaban J connectivity index is 2.03. The first-order valence-electron chi connectivity index (χ1n) is 5.89. The highest BCUT2D eigenvalue weighted by atomic mass is 35.5. The second-order valence-corrected chi connectivity index (χ2v) is 4.90. The molecular formula is C15H9Cl2N3O. The maximum atomic E-state index is 11.9. The molecule has 104 valence electrons. The number of nitrogens with one attached hydrogen (secondary N) is 1. The van der Waals surface area contributed by atoms with Gasteiger partial charge < -0.3 is 0 Å². The summed E-state index contributed by atoms with van der Waals surface area (Å²) in [4.78, 5) is 11.9. The predicted octanol–water partition coefficient (Wildman–Crippen LogP) is 3.63. The Morgan fingerprint density at radius 1 is 1.19 bits per heavy atom. The Bertz CT molecular complexity index is 734. The van der Waals surface area contributed by atoms with E-state index in [1.54, 1.807) is 30.3 Å². The van der Waals surface area contributed by atoms with Crippen molar-refractivity contribution < 1.29 is 4.79 Å². The number of hydrogen-bond donors (Lipinski definition) is 1. The Kier molecular flexibility index (Phi) is 4.94. The highest BCUT2D eigenvalue weighted by Crippen LogP contribution is 2.20. The molecule has 2 aromatic carbocycles.